The van der Waals surface area contributed by atoms with Gasteiger partial charge in [0, 0.05) is 24.6 Å². The quantitative estimate of drug-likeness (QED) is 0.721. The van der Waals surface area contributed by atoms with Crippen LogP contribution in [0.5, 0.6) is 0 Å². The van der Waals surface area contributed by atoms with Gasteiger partial charge in [-0.2, -0.15) is 0 Å². The average Bonchev–Trinajstić information content (AvgIpc) is 2.53. The first-order chi connectivity index (χ1) is 5.83. The molecule has 1 rings (SSSR count). The number of nitrogens with zero attached hydrogens (tertiary/aromatic N) is 1. The van der Waals surface area contributed by atoms with Crippen molar-refractivity contribution in [3.05, 3.63) is 16.6 Å². The molecule has 0 fully saturated rings. The minimum absolute atomic E-state index is 0.241. The lowest BCUT2D eigenvalue weighted by Crippen LogP contribution is -2.26. The van der Waals surface area contributed by atoms with E-state index in [1.54, 1.807) is 11.3 Å². The summed E-state index contributed by atoms with van der Waals surface area (Å²) in [5.74, 6) is 0. The Kier molecular flexibility index (Phi) is 4.21. The van der Waals surface area contributed by atoms with Crippen molar-refractivity contribution in [3.63, 3.8) is 0 Å². The fraction of sp³-hybridized carbons (Fsp3) is 0.625. The van der Waals surface area contributed by atoms with Crippen molar-refractivity contribution in [2.24, 2.45) is 0 Å². The Morgan fingerprint density at radius 3 is 3.17 bits per heavy atom. The Hall–Kier alpha value is -0.450. The lowest BCUT2D eigenvalue weighted by Gasteiger charge is -2.10. The summed E-state index contributed by atoms with van der Waals surface area (Å²) < 4.78 is 0. The molecule has 0 spiro atoms. The summed E-state index contributed by atoms with van der Waals surface area (Å²) in [5, 5.41) is 13.9. The van der Waals surface area contributed by atoms with Crippen LogP contribution in [0.2, 0.25) is 0 Å². The average molecular weight is 186 g/mol. The Morgan fingerprint density at radius 1 is 1.75 bits per heavy atom. The molecule has 1 aromatic heterocycles. The van der Waals surface area contributed by atoms with Crippen LogP contribution in [0.1, 0.15) is 19.0 Å². The topological polar surface area (TPSA) is 45.1 Å². The van der Waals surface area contributed by atoms with Crippen LogP contribution in [-0.4, -0.2) is 22.7 Å². The number of rotatable bonds is 5. The maximum atomic E-state index is 8.64. The van der Waals surface area contributed by atoms with Gasteiger partial charge < -0.3 is 10.4 Å². The highest BCUT2D eigenvalue weighted by molar-refractivity contribution is 7.07. The molecule has 0 bridgehead atoms. The second-order valence-corrected chi connectivity index (χ2v) is 3.49. The van der Waals surface area contributed by atoms with Crippen LogP contribution in [-0.2, 0) is 6.54 Å². The van der Waals surface area contributed by atoms with Crippen LogP contribution in [0, 0.1) is 0 Å². The van der Waals surface area contributed by atoms with Crippen molar-refractivity contribution in [1.29, 1.82) is 0 Å². The smallest absolute Gasteiger partial charge is 0.0795 e. The highest BCUT2D eigenvalue weighted by Crippen LogP contribution is 2.00. The van der Waals surface area contributed by atoms with Gasteiger partial charge in [-0.1, -0.05) is 0 Å². The number of hydrogen-bond donors (Lipinski definition) is 2. The van der Waals surface area contributed by atoms with E-state index < -0.39 is 0 Å². The third kappa shape index (κ3) is 3.30. The van der Waals surface area contributed by atoms with Crippen molar-refractivity contribution in [2.75, 3.05) is 6.61 Å². The van der Waals surface area contributed by atoms with Gasteiger partial charge in [-0.25, -0.2) is 4.98 Å². The van der Waals surface area contributed by atoms with E-state index in [9.17, 15) is 0 Å². The zero-order chi connectivity index (χ0) is 8.81. The first kappa shape index (κ1) is 9.64. The van der Waals surface area contributed by atoms with Crippen LogP contribution < -0.4 is 5.32 Å². The van der Waals surface area contributed by atoms with Crippen LogP contribution in [0.4, 0.5) is 0 Å². The maximum Gasteiger partial charge on any atom is 0.0795 e. The molecule has 0 unspecified atom stereocenters. The van der Waals surface area contributed by atoms with Gasteiger partial charge in [-0.15, -0.1) is 11.3 Å². The number of nitrogens with one attached hydrogen (secondary N) is 1. The predicted molar refractivity (Wildman–Crippen MR) is 50.1 cm³/mol. The standard InChI is InChI=1S/C8H14N2OS/c1-7(2-3-11)9-4-8-5-12-6-10-8/h5-7,9,11H,2-4H2,1H3/t7-/m1/s1. The highest BCUT2D eigenvalue weighted by atomic mass is 32.1. The van der Waals surface area contributed by atoms with E-state index in [4.69, 9.17) is 5.11 Å². The van der Waals surface area contributed by atoms with Crippen molar-refractivity contribution in [1.82, 2.24) is 10.3 Å². The van der Waals surface area contributed by atoms with Crippen molar-refractivity contribution in [2.45, 2.75) is 25.9 Å². The van der Waals surface area contributed by atoms with E-state index in [1.165, 1.54) is 0 Å². The minimum Gasteiger partial charge on any atom is -0.396 e. The van der Waals surface area contributed by atoms with Gasteiger partial charge >= 0.3 is 0 Å². The fourth-order valence-corrected chi connectivity index (χ4v) is 1.46. The molecule has 0 radical (unpaired) electrons. The Morgan fingerprint density at radius 2 is 2.58 bits per heavy atom. The van der Waals surface area contributed by atoms with Crippen LogP contribution in [0.3, 0.4) is 0 Å². The van der Waals surface area contributed by atoms with E-state index in [0.717, 1.165) is 18.7 Å². The summed E-state index contributed by atoms with van der Waals surface area (Å²) in [6.45, 7) is 3.10. The molecular formula is C8H14N2OS. The molecule has 2 N–H and O–H groups in total. The van der Waals surface area contributed by atoms with Gasteiger partial charge in [0.1, 0.15) is 0 Å². The largest absolute Gasteiger partial charge is 0.396 e. The third-order valence-corrected chi connectivity index (χ3v) is 2.31. The van der Waals surface area contributed by atoms with Crippen molar-refractivity contribution < 1.29 is 5.11 Å². The second kappa shape index (κ2) is 5.24. The number of thiazole rings is 1. The number of aliphatic hydroxyl groups excluding tert-OH is 1. The monoisotopic (exact) mass is 186 g/mol. The molecule has 0 amide bonds. The van der Waals surface area contributed by atoms with Gasteiger partial charge in [0.15, 0.2) is 0 Å². The summed E-state index contributed by atoms with van der Waals surface area (Å²) in [7, 11) is 0. The van der Waals surface area contributed by atoms with Gasteiger partial charge in [-0.05, 0) is 13.3 Å². The third-order valence-electron chi connectivity index (χ3n) is 1.68. The molecule has 1 heterocycles. The zero-order valence-corrected chi connectivity index (χ0v) is 7.97. The first-order valence-electron chi connectivity index (χ1n) is 4.04. The molecule has 1 aromatic rings. The van der Waals surface area contributed by atoms with Gasteiger partial charge in [-0.3, -0.25) is 0 Å². The summed E-state index contributed by atoms with van der Waals surface area (Å²) in [6, 6.07) is 0.358. The molecule has 0 saturated heterocycles. The zero-order valence-electron chi connectivity index (χ0n) is 7.16. The highest BCUT2D eigenvalue weighted by Gasteiger charge is 2.00. The molecule has 12 heavy (non-hydrogen) atoms. The van der Waals surface area contributed by atoms with Crippen LogP contribution in [0.15, 0.2) is 10.9 Å². The number of aromatic nitrogens is 1. The Balaban J connectivity index is 2.17. The molecular weight excluding hydrogens is 172 g/mol. The number of hydrogen-bond acceptors (Lipinski definition) is 4. The van der Waals surface area contributed by atoms with Crippen LogP contribution >= 0.6 is 11.3 Å². The van der Waals surface area contributed by atoms with Crippen molar-refractivity contribution >= 4 is 11.3 Å². The molecule has 0 aromatic carbocycles. The van der Waals surface area contributed by atoms with Gasteiger partial charge in [0.25, 0.3) is 0 Å². The first-order valence-corrected chi connectivity index (χ1v) is 4.98. The van der Waals surface area contributed by atoms with Gasteiger partial charge in [0.2, 0.25) is 0 Å². The van der Waals surface area contributed by atoms with Crippen molar-refractivity contribution in [3.8, 4) is 0 Å². The molecule has 0 aliphatic carbocycles. The molecule has 0 aliphatic rings. The second-order valence-electron chi connectivity index (χ2n) is 2.77. The van der Waals surface area contributed by atoms with E-state index in [-0.39, 0.29) is 6.61 Å². The van der Waals surface area contributed by atoms with E-state index in [1.807, 2.05) is 10.9 Å². The minimum atomic E-state index is 0.241. The fourth-order valence-electron chi connectivity index (χ4n) is 0.899. The summed E-state index contributed by atoms with van der Waals surface area (Å²) in [4.78, 5) is 4.14. The lowest BCUT2D eigenvalue weighted by molar-refractivity contribution is 0.268. The molecule has 68 valence electrons. The lowest BCUT2D eigenvalue weighted by atomic mass is 10.2. The van der Waals surface area contributed by atoms with E-state index in [0.29, 0.717) is 6.04 Å². The summed E-state index contributed by atoms with van der Waals surface area (Å²) in [5.41, 5.74) is 2.90. The van der Waals surface area contributed by atoms with Gasteiger partial charge in [0.05, 0.1) is 11.2 Å². The SMILES string of the molecule is C[C@H](CCO)NCc1cscn1. The molecule has 4 heteroatoms. The Labute approximate surface area is 76.5 Å². The predicted octanol–water partition coefficient (Wildman–Crippen LogP) is 1.00. The van der Waals surface area contributed by atoms with E-state index >= 15 is 0 Å². The summed E-state index contributed by atoms with van der Waals surface area (Å²) in [6.07, 6.45) is 0.796. The molecule has 1 atom stereocenters. The molecule has 0 aliphatic heterocycles. The summed E-state index contributed by atoms with van der Waals surface area (Å²) >= 11 is 1.60. The molecule has 0 saturated carbocycles. The maximum absolute atomic E-state index is 8.64. The van der Waals surface area contributed by atoms with E-state index in [2.05, 4.69) is 17.2 Å². The number of aliphatic hydroxyl groups is 1. The Bertz CT molecular complexity index is 201. The normalized spacial score (nSPS) is 13.2. The van der Waals surface area contributed by atoms with Crippen LogP contribution in [0.25, 0.3) is 0 Å². The molecule has 3 nitrogen and oxygen atoms in total.